The van der Waals surface area contributed by atoms with E-state index in [4.69, 9.17) is 16.6 Å². The highest BCUT2D eigenvalue weighted by molar-refractivity contribution is 7.99. The van der Waals surface area contributed by atoms with Gasteiger partial charge in [-0.05, 0) is 44.1 Å². The molecule has 1 aliphatic carbocycles. The van der Waals surface area contributed by atoms with Crippen molar-refractivity contribution in [2.24, 2.45) is 0 Å². The van der Waals surface area contributed by atoms with Crippen LogP contribution in [0, 0.1) is 0 Å². The van der Waals surface area contributed by atoms with Crippen LogP contribution in [0.15, 0.2) is 18.3 Å². The Bertz CT molecular complexity index is 576. The molecule has 0 bridgehead atoms. The summed E-state index contributed by atoms with van der Waals surface area (Å²) in [5.74, 6) is 1.71. The third-order valence-electron chi connectivity index (χ3n) is 4.18. The fourth-order valence-corrected chi connectivity index (χ4v) is 4.07. The van der Waals surface area contributed by atoms with Gasteiger partial charge in [0.2, 0.25) is 0 Å². The number of pyridine rings is 1. The second kappa shape index (κ2) is 6.35. The van der Waals surface area contributed by atoms with E-state index in [1.54, 1.807) is 0 Å². The molecular weight excluding hydrogens is 290 g/mol. The number of aromatic nitrogens is 3. The van der Waals surface area contributed by atoms with Crippen LogP contribution in [0.2, 0.25) is 0 Å². The lowest BCUT2D eigenvalue weighted by Gasteiger charge is -2.29. The van der Waals surface area contributed by atoms with Gasteiger partial charge in [-0.25, -0.2) is 9.97 Å². The molecule has 0 N–H and O–H groups in total. The van der Waals surface area contributed by atoms with E-state index in [0.717, 1.165) is 28.7 Å². The molecule has 0 amide bonds. The predicted molar refractivity (Wildman–Crippen MR) is 86.8 cm³/mol. The van der Waals surface area contributed by atoms with E-state index in [2.05, 4.69) is 15.8 Å². The molecule has 0 unspecified atom stereocenters. The summed E-state index contributed by atoms with van der Waals surface area (Å²) in [5.41, 5.74) is 2.03. The van der Waals surface area contributed by atoms with Crippen LogP contribution in [0.3, 0.4) is 0 Å². The van der Waals surface area contributed by atoms with Crippen molar-refractivity contribution < 1.29 is 0 Å². The Morgan fingerprint density at radius 1 is 1.35 bits per heavy atom. The molecule has 3 rings (SSSR count). The normalized spacial score (nSPS) is 23.3. The number of aryl methyl sites for hydroxylation is 1. The van der Waals surface area contributed by atoms with Gasteiger partial charge in [-0.2, -0.15) is 11.8 Å². The summed E-state index contributed by atoms with van der Waals surface area (Å²) in [5, 5.41) is 0.825. The molecule has 1 fully saturated rings. The molecule has 5 heteroatoms. The first-order valence-electron chi connectivity index (χ1n) is 7.24. The molecule has 1 saturated carbocycles. The molecule has 0 aliphatic heterocycles. The first-order valence-corrected chi connectivity index (χ1v) is 9.06. The van der Waals surface area contributed by atoms with Crippen LogP contribution in [0.25, 0.3) is 11.2 Å². The lowest BCUT2D eigenvalue weighted by atomic mass is 9.94. The minimum Gasteiger partial charge on any atom is -0.310 e. The third-order valence-corrected chi connectivity index (χ3v) is 5.51. The third kappa shape index (κ3) is 2.68. The van der Waals surface area contributed by atoms with Gasteiger partial charge >= 0.3 is 0 Å². The number of nitrogens with zero attached hydrogens (tertiary/aromatic N) is 3. The van der Waals surface area contributed by atoms with Crippen molar-refractivity contribution in [3.8, 4) is 0 Å². The van der Waals surface area contributed by atoms with Gasteiger partial charge < -0.3 is 4.57 Å². The number of imidazole rings is 1. The molecule has 3 nitrogen and oxygen atoms in total. The first-order chi connectivity index (χ1) is 9.83. The van der Waals surface area contributed by atoms with Gasteiger partial charge in [0, 0.05) is 29.8 Å². The van der Waals surface area contributed by atoms with E-state index in [0.29, 0.717) is 11.9 Å². The van der Waals surface area contributed by atoms with Gasteiger partial charge in [0.05, 0.1) is 0 Å². The highest BCUT2D eigenvalue weighted by Crippen LogP contribution is 2.35. The van der Waals surface area contributed by atoms with E-state index < -0.39 is 0 Å². The van der Waals surface area contributed by atoms with E-state index in [-0.39, 0.29) is 0 Å². The molecule has 20 heavy (non-hydrogen) atoms. The highest BCUT2D eigenvalue weighted by Gasteiger charge is 2.25. The summed E-state index contributed by atoms with van der Waals surface area (Å²) in [4.78, 5) is 9.28. The van der Waals surface area contributed by atoms with Crippen LogP contribution in [0.5, 0.6) is 0 Å². The standard InChI is InChI=1S/C15H20ClN3S/c1-20-12-6-4-11(5-7-12)19-14(8-9-16)18-13-3-2-10-17-15(13)19/h2-3,10-12H,4-9H2,1H3. The van der Waals surface area contributed by atoms with Crippen LogP contribution in [-0.4, -0.2) is 31.9 Å². The first kappa shape index (κ1) is 14.2. The lowest BCUT2D eigenvalue weighted by Crippen LogP contribution is -2.21. The molecule has 0 saturated heterocycles. The van der Waals surface area contributed by atoms with E-state index in [1.807, 2.05) is 30.1 Å². The van der Waals surface area contributed by atoms with Crippen molar-refractivity contribution in [3.05, 3.63) is 24.2 Å². The Balaban J connectivity index is 1.94. The number of hydrogen-bond acceptors (Lipinski definition) is 3. The average Bonchev–Trinajstić information content (AvgIpc) is 2.86. The lowest BCUT2D eigenvalue weighted by molar-refractivity contribution is 0.358. The number of hydrogen-bond donors (Lipinski definition) is 0. The number of rotatable bonds is 4. The molecule has 1 aliphatic rings. The molecule has 2 aromatic rings. The van der Waals surface area contributed by atoms with Crippen LogP contribution in [-0.2, 0) is 6.42 Å². The fourth-order valence-electron chi connectivity index (χ4n) is 3.16. The smallest absolute Gasteiger partial charge is 0.160 e. The van der Waals surface area contributed by atoms with E-state index in [9.17, 15) is 0 Å². The SMILES string of the molecule is CSC1CCC(n2c(CCCl)nc3cccnc32)CC1. The largest absolute Gasteiger partial charge is 0.310 e. The Morgan fingerprint density at radius 2 is 2.15 bits per heavy atom. The Hall–Kier alpha value is -0.740. The van der Waals surface area contributed by atoms with Crippen molar-refractivity contribution in [2.75, 3.05) is 12.1 Å². The molecule has 0 radical (unpaired) electrons. The topological polar surface area (TPSA) is 30.7 Å². The monoisotopic (exact) mass is 309 g/mol. The van der Waals surface area contributed by atoms with Crippen LogP contribution < -0.4 is 0 Å². The van der Waals surface area contributed by atoms with Crippen LogP contribution in [0.4, 0.5) is 0 Å². The number of alkyl halides is 1. The van der Waals surface area contributed by atoms with Gasteiger partial charge in [0.15, 0.2) is 5.65 Å². The maximum Gasteiger partial charge on any atom is 0.160 e. The zero-order chi connectivity index (χ0) is 13.9. The zero-order valence-electron chi connectivity index (χ0n) is 11.8. The van der Waals surface area contributed by atoms with Gasteiger partial charge in [-0.1, -0.05) is 0 Å². The van der Waals surface area contributed by atoms with Gasteiger partial charge in [0.25, 0.3) is 0 Å². The average molecular weight is 310 g/mol. The summed E-state index contributed by atoms with van der Waals surface area (Å²) in [6, 6.07) is 4.54. The van der Waals surface area contributed by atoms with Crippen molar-refractivity contribution in [3.63, 3.8) is 0 Å². The quantitative estimate of drug-likeness (QED) is 0.798. The Morgan fingerprint density at radius 3 is 2.85 bits per heavy atom. The second-order valence-electron chi connectivity index (χ2n) is 5.35. The van der Waals surface area contributed by atoms with Crippen LogP contribution >= 0.6 is 23.4 Å². The molecule has 0 spiro atoms. The zero-order valence-corrected chi connectivity index (χ0v) is 13.3. The van der Waals surface area contributed by atoms with Crippen molar-refractivity contribution in [2.45, 2.75) is 43.4 Å². The summed E-state index contributed by atoms with van der Waals surface area (Å²) in [6.07, 6.45) is 9.93. The van der Waals surface area contributed by atoms with Gasteiger partial charge in [0.1, 0.15) is 11.3 Å². The highest BCUT2D eigenvalue weighted by atomic mass is 35.5. The fraction of sp³-hybridized carbons (Fsp3) is 0.600. The number of thioether (sulfide) groups is 1. The second-order valence-corrected chi connectivity index (χ2v) is 6.87. The summed E-state index contributed by atoms with van der Waals surface area (Å²) >= 11 is 7.94. The summed E-state index contributed by atoms with van der Waals surface area (Å²) < 4.78 is 2.36. The molecule has 0 atom stereocenters. The molecular formula is C15H20ClN3S. The molecule has 2 aromatic heterocycles. The maximum absolute atomic E-state index is 5.94. The Labute approximate surface area is 129 Å². The maximum atomic E-state index is 5.94. The summed E-state index contributed by atoms with van der Waals surface area (Å²) in [7, 11) is 0. The van der Waals surface area contributed by atoms with Crippen molar-refractivity contribution in [1.29, 1.82) is 0 Å². The number of halogens is 1. The molecule has 108 valence electrons. The summed E-state index contributed by atoms with van der Waals surface area (Å²) in [6.45, 7) is 0. The van der Waals surface area contributed by atoms with Crippen LogP contribution in [0.1, 0.15) is 37.5 Å². The Kier molecular flexibility index (Phi) is 4.51. The minimum absolute atomic E-state index is 0.538. The van der Waals surface area contributed by atoms with Gasteiger partial charge in [-0.15, -0.1) is 11.6 Å². The molecule has 2 heterocycles. The van der Waals surface area contributed by atoms with E-state index in [1.165, 1.54) is 25.7 Å². The molecule has 0 aromatic carbocycles. The predicted octanol–water partition coefficient (Wildman–Crippen LogP) is 4.06. The van der Waals surface area contributed by atoms with Crippen molar-refractivity contribution in [1.82, 2.24) is 14.5 Å². The van der Waals surface area contributed by atoms with Gasteiger partial charge in [-0.3, -0.25) is 0 Å². The van der Waals surface area contributed by atoms with Crippen molar-refractivity contribution >= 4 is 34.5 Å². The minimum atomic E-state index is 0.538. The number of fused-ring (bicyclic) bond motifs is 1. The van der Waals surface area contributed by atoms with E-state index >= 15 is 0 Å².